The minimum absolute atomic E-state index is 0. The van der Waals surface area contributed by atoms with Gasteiger partial charge in [-0.2, -0.15) is 5.21 Å². The molecule has 0 spiro atoms. The van der Waals surface area contributed by atoms with Crippen LogP contribution in [0.4, 0.5) is 0 Å². The van der Waals surface area contributed by atoms with Crippen LogP contribution >= 0.6 is 0 Å². The molecule has 4 rings (SSSR count). The van der Waals surface area contributed by atoms with Gasteiger partial charge in [0.05, 0.1) is 11.5 Å². The van der Waals surface area contributed by atoms with Crippen molar-refractivity contribution in [3.8, 4) is 22.8 Å². The molecule has 0 aliphatic heterocycles. The molecule has 0 aliphatic rings. The van der Waals surface area contributed by atoms with E-state index in [1.165, 1.54) is 5.56 Å². The van der Waals surface area contributed by atoms with Crippen LogP contribution in [0.1, 0.15) is 26.3 Å². The summed E-state index contributed by atoms with van der Waals surface area (Å²) >= 11 is 0. The fourth-order valence-corrected chi connectivity index (χ4v) is 2.64. The van der Waals surface area contributed by atoms with Gasteiger partial charge in [-0.1, -0.05) is 38.5 Å². The van der Waals surface area contributed by atoms with Crippen LogP contribution in [-0.2, 0) is 26.5 Å². The third kappa shape index (κ3) is 7.29. The second-order valence-corrected chi connectivity index (χ2v) is 7.48. The van der Waals surface area contributed by atoms with Gasteiger partial charge in [0.15, 0.2) is 0 Å². The van der Waals surface area contributed by atoms with Gasteiger partial charge in [0.2, 0.25) is 0 Å². The molecule has 6 nitrogen and oxygen atoms in total. The number of hydrogen-bond acceptors (Lipinski definition) is 5. The number of rotatable bonds is 3. The summed E-state index contributed by atoms with van der Waals surface area (Å²) in [5, 5.41) is 14.0. The zero-order valence-electron chi connectivity index (χ0n) is 16.6. The zero-order valence-corrected chi connectivity index (χ0v) is 19.0. The molecule has 0 fully saturated rings. The van der Waals surface area contributed by atoms with E-state index < -0.39 is 0 Å². The number of tetrazole rings is 1. The molecule has 1 aromatic carbocycles. The average molecular weight is 563 g/mol. The second kappa shape index (κ2) is 10.7. The van der Waals surface area contributed by atoms with Gasteiger partial charge in [0.1, 0.15) is 0 Å². The predicted molar refractivity (Wildman–Crippen MR) is 108 cm³/mol. The van der Waals surface area contributed by atoms with Gasteiger partial charge in [-0.05, 0) is 35.7 Å². The summed E-state index contributed by atoms with van der Waals surface area (Å²) in [5.74, 6) is 0.464. The van der Waals surface area contributed by atoms with Crippen molar-refractivity contribution in [1.29, 1.82) is 0 Å². The van der Waals surface area contributed by atoms with Crippen LogP contribution in [0.25, 0.3) is 22.8 Å². The summed E-state index contributed by atoms with van der Waals surface area (Å²) in [5.41, 5.74) is 4.40. The van der Waals surface area contributed by atoms with Gasteiger partial charge < -0.3 is 10.1 Å². The van der Waals surface area contributed by atoms with Gasteiger partial charge in [-0.15, -0.1) is 35.9 Å². The summed E-state index contributed by atoms with van der Waals surface area (Å²) < 4.78 is 0. The molecule has 4 aromatic rings. The molecule has 1 radical (unpaired) electrons. The smallest absolute Gasteiger partial charge is 0.0772 e. The molecule has 0 bridgehead atoms. The molecule has 0 amide bonds. The van der Waals surface area contributed by atoms with Crippen molar-refractivity contribution in [2.45, 2.75) is 27.2 Å². The topological polar surface area (TPSA) is 78.5 Å². The molecule has 7 heteroatoms. The molecule has 0 saturated heterocycles. The summed E-state index contributed by atoms with van der Waals surface area (Å²) in [6.45, 7) is 6.76. The Balaban J connectivity index is 0.000000217. The van der Waals surface area contributed by atoms with Crippen molar-refractivity contribution in [1.82, 2.24) is 30.6 Å². The van der Waals surface area contributed by atoms with Crippen molar-refractivity contribution < 1.29 is 20.1 Å². The quantitative estimate of drug-likeness (QED) is 0.351. The van der Waals surface area contributed by atoms with E-state index in [0.29, 0.717) is 16.9 Å². The van der Waals surface area contributed by atoms with Gasteiger partial charge >= 0.3 is 0 Å². The van der Waals surface area contributed by atoms with Crippen LogP contribution in [0.3, 0.4) is 0 Å². The summed E-state index contributed by atoms with van der Waals surface area (Å²) in [4.78, 5) is 8.42. The molecule has 3 aromatic heterocycles. The molecular weight excluding hydrogens is 541 g/mol. The molecule has 151 valence electrons. The fourth-order valence-electron chi connectivity index (χ4n) is 2.64. The Morgan fingerprint density at radius 2 is 1.72 bits per heavy atom. The first-order valence-corrected chi connectivity index (χ1v) is 9.03. The zero-order chi connectivity index (χ0) is 19.8. The Hall–Kier alpha value is -2.76. The predicted octanol–water partition coefficient (Wildman–Crippen LogP) is 4.03. The third-order valence-electron chi connectivity index (χ3n) is 3.76. The van der Waals surface area contributed by atoms with Crippen LogP contribution in [-0.4, -0.2) is 25.5 Å². The van der Waals surface area contributed by atoms with Gasteiger partial charge in [-0.25, -0.2) is 0 Å². The number of hydrogen-bond donors (Lipinski definition) is 0. The van der Waals surface area contributed by atoms with Crippen LogP contribution in [0.5, 0.6) is 0 Å². The summed E-state index contributed by atoms with van der Waals surface area (Å²) in [6.07, 6.45) is 4.62. The average Bonchev–Trinajstić information content (AvgIpc) is 3.24. The van der Waals surface area contributed by atoms with Crippen molar-refractivity contribution in [3.63, 3.8) is 0 Å². The van der Waals surface area contributed by atoms with E-state index in [2.05, 4.69) is 69.6 Å². The van der Waals surface area contributed by atoms with Crippen LogP contribution < -0.4 is 5.10 Å². The van der Waals surface area contributed by atoms with Crippen molar-refractivity contribution in [3.05, 3.63) is 78.6 Å². The van der Waals surface area contributed by atoms with E-state index in [1.54, 1.807) is 12.3 Å². The number of aromatic nitrogens is 6. The first kappa shape index (κ1) is 22.5. The van der Waals surface area contributed by atoms with E-state index in [1.807, 2.05) is 42.6 Å². The standard InChI is InChI=1S/C16H18N.C6H4N5.Ir/c1-16(2,3)12-13-9-10-17-15(11-13)14-7-5-4-6-8-14;1-2-4-7-5(3-1)6-8-10-11-9-6;/h4-7,9-11H,12H2,1-3H3;1-4H;/q2*-1;. The molecular formula is C22H22IrN6-2. The Kier molecular flexibility index (Phi) is 8.31. The van der Waals surface area contributed by atoms with E-state index in [0.717, 1.165) is 17.7 Å². The minimum Gasteiger partial charge on any atom is -0.329 e. The van der Waals surface area contributed by atoms with Crippen LogP contribution in [0.15, 0.2) is 67.0 Å². The van der Waals surface area contributed by atoms with Crippen LogP contribution in [0.2, 0.25) is 0 Å². The normalized spacial score (nSPS) is 10.4. The molecule has 3 heterocycles. The van der Waals surface area contributed by atoms with Gasteiger partial charge in [0.25, 0.3) is 0 Å². The maximum absolute atomic E-state index is 4.41. The maximum atomic E-state index is 4.41. The Morgan fingerprint density at radius 3 is 2.34 bits per heavy atom. The molecule has 0 saturated carbocycles. The molecule has 0 N–H and O–H groups in total. The summed E-state index contributed by atoms with van der Waals surface area (Å²) in [7, 11) is 0. The van der Waals surface area contributed by atoms with E-state index in [-0.39, 0.29) is 20.1 Å². The van der Waals surface area contributed by atoms with Crippen molar-refractivity contribution >= 4 is 0 Å². The third-order valence-corrected chi connectivity index (χ3v) is 3.76. The Labute approximate surface area is 184 Å². The van der Waals surface area contributed by atoms with E-state index in [9.17, 15) is 0 Å². The SMILES string of the molecule is CC(C)(C)Cc1ccnc(-c2[c-]cccc2)c1.[Ir].c1ccc(-c2nnn[n-]2)nc1. The molecule has 0 aliphatic carbocycles. The Bertz CT molecular complexity index is 967. The summed E-state index contributed by atoms with van der Waals surface area (Å²) in [6, 6.07) is 20.9. The fraction of sp³-hybridized carbons (Fsp3) is 0.227. The molecule has 0 atom stereocenters. The van der Waals surface area contributed by atoms with Crippen LogP contribution in [0, 0.1) is 11.5 Å². The van der Waals surface area contributed by atoms with Gasteiger partial charge in [-0.3, -0.25) is 15.3 Å². The largest absolute Gasteiger partial charge is 0.329 e. The number of pyridine rings is 2. The van der Waals surface area contributed by atoms with E-state index >= 15 is 0 Å². The first-order valence-electron chi connectivity index (χ1n) is 9.03. The van der Waals surface area contributed by atoms with Crippen molar-refractivity contribution in [2.24, 2.45) is 5.41 Å². The molecule has 29 heavy (non-hydrogen) atoms. The number of nitrogens with zero attached hydrogens (tertiary/aromatic N) is 6. The Morgan fingerprint density at radius 1 is 0.931 bits per heavy atom. The van der Waals surface area contributed by atoms with E-state index in [4.69, 9.17) is 0 Å². The molecule has 0 unspecified atom stereocenters. The minimum atomic E-state index is 0. The van der Waals surface area contributed by atoms with Crippen molar-refractivity contribution in [2.75, 3.05) is 0 Å². The number of benzene rings is 1. The monoisotopic (exact) mass is 563 g/mol. The van der Waals surface area contributed by atoms with Gasteiger partial charge in [0, 0.05) is 32.5 Å². The first-order chi connectivity index (χ1) is 13.5. The second-order valence-electron chi connectivity index (χ2n) is 7.48. The maximum Gasteiger partial charge on any atom is 0.0772 e.